The van der Waals surface area contributed by atoms with Crippen LogP contribution in [0.15, 0.2) is 17.2 Å². The highest BCUT2D eigenvalue weighted by molar-refractivity contribution is 5.78. The number of aryl methyl sites for hydroxylation is 1. The normalized spacial score (nSPS) is 15.8. The van der Waals surface area contributed by atoms with E-state index in [1.54, 1.807) is 4.90 Å². The van der Waals surface area contributed by atoms with Crippen LogP contribution in [0, 0.1) is 5.92 Å². The predicted molar refractivity (Wildman–Crippen MR) is 81.0 cm³/mol. The predicted octanol–water partition coefficient (Wildman–Crippen LogP) is -0.0803. The molecular formula is C15H22N4O3. The van der Waals surface area contributed by atoms with Gasteiger partial charge in [0.1, 0.15) is 6.54 Å². The van der Waals surface area contributed by atoms with Crippen molar-refractivity contribution >= 4 is 11.8 Å². The number of likely N-dealkylation sites (tertiary alicyclic amines) is 1. The van der Waals surface area contributed by atoms with Crippen LogP contribution in [-0.2, 0) is 22.6 Å². The van der Waals surface area contributed by atoms with Gasteiger partial charge < -0.3 is 10.6 Å². The summed E-state index contributed by atoms with van der Waals surface area (Å²) in [6.07, 6.45) is 4.28. The second kappa shape index (κ2) is 7.20. The SMILES string of the molecule is CCCc1cc(=O)n(CC(=O)N2CCC(C(N)=O)CC2)cn1. The van der Waals surface area contributed by atoms with Crippen molar-refractivity contribution < 1.29 is 9.59 Å². The molecule has 1 aliphatic rings. The molecule has 2 rings (SSSR count). The lowest BCUT2D eigenvalue weighted by atomic mass is 9.96. The van der Waals surface area contributed by atoms with E-state index in [9.17, 15) is 14.4 Å². The molecule has 7 heteroatoms. The lowest BCUT2D eigenvalue weighted by Crippen LogP contribution is -2.43. The highest BCUT2D eigenvalue weighted by atomic mass is 16.2. The Hall–Kier alpha value is -2.18. The quantitative estimate of drug-likeness (QED) is 0.822. The molecular weight excluding hydrogens is 284 g/mol. The Balaban J connectivity index is 1.95. The van der Waals surface area contributed by atoms with Gasteiger partial charge in [-0.25, -0.2) is 4.98 Å². The Labute approximate surface area is 129 Å². The fraction of sp³-hybridized carbons (Fsp3) is 0.600. The minimum atomic E-state index is -0.306. The first-order valence-electron chi connectivity index (χ1n) is 7.63. The summed E-state index contributed by atoms with van der Waals surface area (Å²) in [5.74, 6) is -0.587. The van der Waals surface area contributed by atoms with E-state index in [0.29, 0.717) is 25.9 Å². The van der Waals surface area contributed by atoms with Crippen LogP contribution in [0.25, 0.3) is 0 Å². The van der Waals surface area contributed by atoms with Gasteiger partial charge in [-0.15, -0.1) is 0 Å². The highest BCUT2D eigenvalue weighted by Crippen LogP contribution is 2.16. The van der Waals surface area contributed by atoms with Crippen LogP contribution in [0.4, 0.5) is 0 Å². The van der Waals surface area contributed by atoms with Gasteiger partial charge in [-0.1, -0.05) is 13.3 Å². The van der Waals surface area contributed by atoms with Gasteiger partial charge in [-0.05, 0) is 19.3 Å². The average Bonchev–Trinajstić information content (AvgIpc) is 2.50. The molecule has 0 spiro atoms. The van der Waals surface area contributed by atoms with Gasteiger partial charge in [0.25, 0.3) is 5.56 Å². The largest absolute Gasteiger partial charge is 0.369 e. The average molecular weight is 306 g/mol. The van der Waals surface area contributed by atoms with Crippen LogP contribution in [-0.4, -0.2) is 39.4 Å². The summed E-state index contributed by atoms with van der Waals surface area (Å²) in [6.45, 7) is 3.01. The number of nitrogens with two attached hydrogens (primary N) is 1. The van der Waals surface area contributed by atoms with Crippen molar-refractivity contribution in [3.05, 3.63) is 28.4 Å². The van der Waals surface area contributed by atoms with Gasteiger partial charge in [0, 0.05) is 30.8 Å². The maximum atomic E-state index is 12.2. The number of piperidine rings is 1. The Bertz CT molecular complexity index is 603. The van der Waals surface area contributed by atoms with Crippen molar-refractivity contribution in [1.82, 2.24) is 14.5 Å². The first-order chi connectivity index (χ1) is 10.5. The first-order valence-corrected chi connectivity index (χ1v) is 7.63. The fourth-order valence-electron chi connectivity index (χ4n) is 2.63. The van der Waals surface area contributed by atoms with E-state index in [0.717, 1.165) is 18.5 Å². The van der Waals surface area contributed by atoms with Gasteiger partial charge >= 0.3 is 0 Å². The molecule has 2 heterocycles. The molecule has 2 N–H and O–H groups in total. The Morgan fingerprint density at radius 1 is 1.36 bits per heavy atom. The molecule has 0 aromatic carbocycles. The molecule has 0 atom stereocenters. The number of hydrogen-bond acceptors (Lipinski definition) is 4. The molecule has 1 aromatic heterocycles. The minimum Gasteiger partial charge on any atom is -0.369 e. The second-order valence-electron chi connectivity index (χ2n) is 5.65. The van der Waals surface area contributed by atoms with E-state index in [1.165, 1.54) is 17.0 Å². The smallest absolute Gasteiger partial charge is 0.253 e. The van der Waals surface area contributed by atoms with Crippen molar-refractivity contribution in [3.63, 3.8) is 0 Å². The number of hydrogen-bond donors (Lipinski definition) is 1. The number of amides is 2. The van der Waals surface area contributed by atoms with Gasteiger partial charge in [-0.2, -0.15) is 0 Å². The topological polar surface area (TPSA) is 98.3 Å². The monoisotopic (exact) mass is 306 g/mol. The number of aromatic nitrogens is 2. The zero-order valence-electron chi connectivity index (χ0n) is 12.8. The van der Waals surface area contributed by atoms with Gasteiger partial charge in [0.2, 0.25) is 11.8 Å². The first kappa shape index (κ1) is 16.2. The van der Waals surface area contributed by atoms with Crippen molar-refractivity contribution in [2.24, 2.45) is 11.7 Å². The molecule has 0 radical (unpaired) electrons. The summed E-state index contributed by atoms with van der Waals surface area (Å²) in [4.78, 5) is 41.2. The summed E-state index contributed by atoms with van der Waals surface area (Å²) in [5.41, 5.74) is 5.81. The van der Waals surface area contributed by atoms with Crippen molar-refractivity contribution in [3.8, 4) is 0 Å². The van der Waals surface area contributed by atoms with E-state index in [2.05, 4.69) is 4.98 Å². The van der Waals surface area contributed by atoms with E-state index < -0.39 is 0 Å². The molecule has 1 aromatic rings. The van der Waals surface area contributed by atoms with Crippen LogP contribution in [0.1, 0.15) is 31.9 Å². The number of primary amides is 1. The molecule has 7 nitrogen and oxygen atoms in total. The van der Waals surface area contributed by atoms with E-state index >= 15 is 0 Å². The fourth-order valence-corrected chi connectivity index (χ4v) is 2.63. The van der Waals surface area contributed by atoms with Crippen LogP contribution in [0.3, 0.4) is 0 Å². The van der Waals surface area contributed by atoms with Crippen LogP contribution in [0.5, 0.6) is 0 Å². The van der Waals surface area contributed by atoms with Gasteiger partial charge in [0.05, 0.1) is 6.33 Å². The summed E-state index contributed by atoms with van der Waals surface area (Å²) < 4.78 is 1.32. The van der Waals surface area contributed by atoms with Crippen LogP contribution >= 0.6 is 0 Å². The maximum absolute atomic E-state index is 12.2. The third-order valence-electron chi connectivity index (χ3n) is 4.00. The number of carbonyl (C=O) groups is 2. The van der Waals surface area contributed by atoms with E-state index in [1.807, 2.05) is 6.92 Å². The number of carbonyl (C=O) groups excluding carboxylic acids is 2. The number of rotatable bonds is 5. The summed E-state index contributed by atoms with van der Waals surface area (Å²) in [5, 5.41) is 0. The molecule has 0 saturated carbocycles. The van der Waals surface area contributed by atoms with Gasteiger partial charge in [0.15, 0.2) is 0 Å². The molecule has 0 unspecified atom stereocenters. The summed E-state index contributed by atoms with van der Waals surface area (Å²) in [6, 6.07) is 1.48. The maximum Gasteiger partial charge on any atom is 0.253 e. The van der Waals surface area contributed by atoms with Crippen LogP contribution < -0.4 is 11.3 Å². The lowest BCUT2D eigenvalue weighted by Gasteiger charge is -2.30. The van der Waals surface area contributed by atoms with Crippen molar-refractivity contribution in [2.45, 2.75) is 39.2 Å². The third kappa shape index (κ3) is 3.93. The van der Waals surface area contributed by atoms with Crippen molar-refractivity contribution in [2.75, 3.05) is 13.1 Å². The van der Waals surface area contributed by atoms with Gasteiger partial charge in [-0.3, -0.25) is 19.0 Å². The molecule has 0 bridgehead atoms. The molecule has 1 aliphatic heterocycles. The second-order valence-corrected chi connectivity index (χ2v) is 5.65. The zero-order chi connectivity index (χ0) is 16.1. The highest BCUT2D eigenvalue weighted by Gasteiger charge is 2.25. The standard InChI is InChI=1S/C15H22N4O3/c1-2-3-12-8-13(20)19(10-17-12)9-14(21)18-6-4-11(5-7-18)15(16)22/h8,10-11H,2-7,9H2,1H3,(H2,16,22). The Kier molecular flexibility index (Phi) is 5.30. The lowest BCUT2D eigenvalue weighted by molar-refractivity contribution is -0.135. The molecule has 0 aliphatic carbocycles. The summed E-state index contributed by atoms with van der Waals surface area (Å²) in [7, 11) is 0. The van der Waals surface area contributed by atoms with E-state index in [-0.39, 0.29) is 29.8 Å². The molecule has 1 saturated heterocycles. The minimum absolute atomic E-state index is 0.0144. The summed E-state index contributed by atoms with van der Waals surface area (Å²) >= 11 is 0. The molecule has 1 fully saturated rings. The molecule has 22 heavy (non-hydrogen) atoms. The Morgan fingerprint density at radius 3 is 2.59 bits per heavy atom. The van der Waals surface area contributed by atoms with E-state index in [4.69, 9.17) is 5.73 Å². The van der Waals surface area contributed by atoms with Crippen molar-refractivity contribution in [1.29, 1.82) is 0 Å². The molecule has 2 amide bonds. The number of nitrogens with zero attached hydrogens (tertiary/aromatic N) is 3. The van der Waals surface area contributed by atoms with Crippen LogP contribution in [0.2, 0.25) is 0 Å². The molecule has 120 valence electrons. The Morgan fingerprint density at radius 2 is 2.05 bits per heavy atom. The third-order valence-corrected chi connectivity index (χ3v) is 4.00. The zero-order valence-corrected chi connectivity index (χ0v) is 12.8.